The van der Waals surface area contributed by atoms with E-state index in [1.165, 1.54) is 18.4 Å². The van der Waals surface area contributed by atoms with Gasteiger partial charge < -0.3 is 20.9 Å². The van der Waals surface area contributed by atoms with Gasteiger partial charge in [-0.2, -0.15) is 0 Å². The lowest BCUT2D eigenvalue weighted by Gasteiger charge is -2.40. The molecule has 0 aliphatic carbocycles. The minimum absolute atomic E-state index is 0.0131. The quantitative estimate of drug-likeness (QED) is 0.364. The zero-order valence-corrected chi connectivity index (χ0v) is 23.1. The minimum atomic E-state index is -0.234. The summed E-state index contributed by atoms with van der Waals surface area (Å²) >= 11 is 0. The highest BCUT2D eigenvalue weighted by Crippen LogP contribution is 2.38. The van der Waals surface area contributed by atoms with Crippen LogP contribution < -0.4 is 16.0 Å². The molecule has 1 fully saturated rings. The van der Waals surface area contributed by atoms with Gasteiger partial charge in [-0.3, -0.25) is 9.59 Å². The van der Waals surface area contributed by atoms with E-state index < -0.39 is 0 Å². The number of pyridine rings is 1. The Morgan fingerprint density at radius 1 is 1.03 bits per heavy atom. The molecular formula is C31H39N5O2. The number of anilines is 4. The smallest absolute Gasteiger partial charge is 0.259 e. The lowest BCUT2D eigenvalue weighted by atomic mass is 9.69. The number of piperidine rings is 1. The topological polar surface area (TPSA) is 86.4 Å². The van der Waals surface area contributed by atoms with Crippen LogP contribution in [-0.2, 0) is 16.6 Å². The number of likely N-dealkylation sites (tertiary alicyclic amines) is 1. The first-order valence-electron chi connectivity index (χ1n) is 13.5. The third kappa shape index (κ3) is 6.05. The summed E-state index contributed by atoms with van der Waals surface area (Å²) in [7, 11) is 2.19. The van der Waals surface area contributed by atoms with Crippen molar-refractivity contribution >= 4 is 34.7 Å². The second-order valence-corrected chi connectivity index (χ2v) is 10.5. The molecular weight excluding hydrogens is 474 g/mol. The Morgan fingerprint density at radius 2 is 1.71 bits per heavy atom. The summed E-state index contributed by atoms with van der Waals surface area (Å²) in [6, 6.07) is 17.4. The van der Waals surface area contributed by atoms with Gasteiger partial charge in [0.15, 0.2) is 0 Å². The fourth-order valence-electron chi connectivity index (χ4n) is 5.26. The van der Waals surface area contributed by atoms with Crippen molar-refractivity contribution in [2.75, 3.05) is 36.1 Å². The fraction of sp³-hybridized carbons (Fsp3) is 0.387. The van der Waals surface area contributed by atoms with Gasteiger partial charge in [0.1, 0.15) is 5.82 Å². The lowest BCUT2D eigenvalue weighted by molar-refractivity contribution is -0.115. The van der Waals surface area contributed by atoms with Crippen molar-refractivity contribution < 1.29 is 9.59 Å². The van der Waals surface area contributed by atoms with E-state index in [-0.39, 0.29) is 17.2 Å². The first-order chi connectivity index (χ1) is 18.3. The van der Waals surface area contributed by atoms with Crippen LogP contribution in [0.2, 0.25) is 0 Å². The minimum Gasteiger partial charge on any atom is -0.340 e. The Bertz CT molecular complexity index is 1280. The molecule has 7 heteroatoms. The van der Waals surface area contributed by atoms with Gasteiger partial charge >= 0.3 is 0 Å². The van der Waals surface area contributed by atoms with E-state index in [1.54, 1.807) is 18.3 Å². The van der Waals surface area contributed by atoms with E-state index in [0.29, 0.717) is 23.7 Å². The van der Waals surface area contributed by atoms with E-state index in [0.717, 1.165) is 35.7 Å². The van der Waals surface area contributed by atoms with Crippen LogP contribution in [0.4, 0.5) is 22.9 Å². The number of rotatable bonds is 6. The Morgan fingerprint density at radius 3 is 2.42 bits per heavy atom. The Balaban J connectivity index is 0.00000164. The first kappa shape index (κ1) is 27.3. The SMILES string of the molecule is CC.CN1CCC(C(C)(C)c2ccc(NC(=O)c3cccnc3Nc3ccc4c(c3)NC(=O)C4)cc2)CC1. The normalized spacial score (nSPS) is 15.7. The largest absolute Gasteiger partial charge is 0.340 e. The van der Waals surface area contributed by atoms with Gasteiger partial charge in [0.25, 0.3) is 5.91 Å². The number of amides is 2. The van der Waals surface area contributed by atoms with Crippen molar-refractivity contribution in [1.29, 1.82) is 0 Å². The summed E-state index contributed by atoms with van der Waals surface area (Å²) in [5.41, 5.74) is 5.07. The molecule has 0 bridgehead atoms. The number of nitrogens with zero attached hydrogens (tertiary/aromatic N) is 2. The first-order valence-corrected chi connectivity index (χ1v) is 13.5. The molecule has 2 amide bonds. The molecule has 7 nitrogen and oxygen atoms in total. The fourth-order valence-corrected chi connectivity index (χ4v) is 5.26. The van der Waals surface area contributed by atoms with Gasteiger partial charge in [0, 0.05) is 23.3 Å². The van der Waals surface area contributed by atoms with Gasteiger partial charge in [0.2, 0.25) is 5.91 Å². The predicted octanol–water partition coefficient (Wildman–Crippen LogP) is 6.22. The number of nitrogens with one attached hydrogen (secondary N) is 3. The number of hydrogen-bond acceptors (Lipinski definition) is 5. The summed E-state index contributed by atoms with van der Waals surface area (Å²) in [5.74, 6) is 0.855. The van der Waals surface area contributed by atoms with E-state index in [4.69, 9.17) is 0 Å². The van der Waals surface area contributed by atoms with Gasteiger partial charge in [-0.25, -0.2) is 4.98 Å². The number of carbonyl (C=O) groups is 2. The number of benzene rings is 2. The molecule has 0 saturated carbocycles. The molecule has 2 aliphatic rings. The van der Waals surface area contributed by atoms with Crippen LogP contribution in [0, 0.1) is 5.92 Å². The molecule has 0 atom stereocenters. The second-order valence-electron chi connectivity index (χ2n) is 10.5. The van der Waals surface area contributed by atoms with Crippen molar-refractivity contribution in [2.45, 2.75) is 52.4 Å². The van der Waals surface area contributed by atoms with E-state index in [2.05, 4.69) is 58.9 Å². The number of fused-ring (bicyclic) bond motifs is 1. The maximum Gasteiger partial charge on any atom is 0.259 e. The van der Waals surface area contributed by atoms with Crippen LogP contribution in [0.15, 0.2) is 60.8 Å². The maximum atomic E-state index is 13.2. The van der Waals surface area contributed by atoms with Gasteiger partial charge in [0.05, 0.1) is 12.0 Å². The lowest BCUT2D eigenvalue weighted by Crippen LogP contribution is -2.39. The van der Waals surface area contributed by atoms with Crippen LogP contribution in [-0.4, -0.2) is 41.8 Å². The molecule has 3 heterocycles. The average molecular weight is 514 g/mol. The molecule has 3 N–H and O–H groups in total. The van der Waals surface area contributed by atoms with Gasteiger partial charge in [-0.1, -0.05) is 45.9 Å². The molecule has 0 unspecified atom stereocenters. The molecule has 38 heavy (non-hydrogen) atoms. The highest BCUT2D eigenvalue weighted by atomic mass is 16.2. The standard InChI is InChI=1S/C29H33N5O2.C2H6/c1-29(2,21-12-15-34(3)16-13-21)20-7-10-22(11-8-20)32-28(36)24-5-4-14-30-27(24)31-23-9-6-19-17-26(35)33-25(19)18-23;1-2/h4-11,14,18,21H,12-13,15-17H2,1-3H3,(H,30,31)(H,32,36)(H,33,35);1-2H3. The number of carbonyl (C=O) groups excluding carboxylic acids is 2. The van der Waals surface area contributed by atoms with Crippen molar-refractivity contribution in [3.8, 4) is 0 Å². The molecule has 2 aliphatic heterocycles. The van der Waals surface area contributed by atoms with E-state index in [1.807, 2.05) is 44.2 Å². The molecule has 200 valence electrons. The molecule has 1 saturated heterocycles. The summed E-state index contributed by atoms with van der Waals surface area (Å²) in [5, 5.41) is 9.09. The van der Waals surface area contributed by atoms with Gasteiger partial charge in [-0.05, 0) is 91.8 Å². The molecule has 0 radical (unpaired) electrons. The van der Waals surface area contributed by atoms with Crippen LogP contribution in [0.3, 0.4) is 0 Å². The summed E-state index contributed by atoms with van der Waals surface area (Å²) in [6.45, 7) is 10.9. The van der Waals surface area contributed by atoms with E-state index >= 15 is 0 Å². The van der Waals surface area contributed by atoms with Crippen molar-refractivity contribution in [2.24, 2.45) is 5.92 Å². The summed E-state index contributed by atoms with van der Waals surface area (Å²) in [4.78, 5) is 31.6. The van der Waals surface area contributed by atoms with Crippen molar-refractivity contribution in [3.05, 3.63) is 77.5 Å². The Hall–Kier alpha value is -3.71. The summed E-state index contributed by atoms with van der Waals surface area (Å²) < 4.78 is 0. The average Bonchev–Trinajstić information content (AvgIpc) is 3.30. The highest BCUT2D eigenvalue weighted by molar-refractivity contribution is 6.08. The summed E-state index contributed by atoms with van der Waals surface area (Å²) in [6.07, 6.45) is 4.44. The van der Waals surface area contributed by atoms with Crippen molar-refractivity contribution in [1.82, 2.24) is 9.88 Å². The number of hydrogen-bond donors (Lipinski definition) is 3. The third-order valence-electron chi connectivity index (χ3n) is 7.68. The monoisotopic (exact) mass is 513 g/mol. The predicted molar refractivity (Wildman–Crippen MR) is 155 cm³/mol. The highest BCUT2D eigenvalue weighted by Gasteiger charge is 2.33. The molecule has 2 aromatic carbocycles. The van der Waals surface area contributed by atoms with Crippen LogP contribution in [0.1, 0.15) is 62.0 Å². The zero-order valence-electron chi connectivity index (χ0n) is 23.1. The maximum absolute atomic E-state index is 13.2. The Kier molecular flexibility index (Phi) is 8.47. The Labute approximate surface area is 226 Å². The molecule has 5 rings (SSSR count). The van der Waals surface area contributed by atoms with Crippen LogP contribution >= 0.6 is 0 Å². The van der Waals surface area contributed by atoms with Crippen molar-refractivity contribution in [3.63, 3.8) is 0 Å². The number of aromatic nitrogens is 1. The zero-order chi connectivity index (χ0) is 27.3. The van der Waals surface area contributed by atoms with Gasteiger partial charge in [-0.15, -0.1) is 0 Å². The van der Waals surface area contributed by atoms with Crippen LogP contribution in [0.25, 0.3) is 0 Å². The van der Waals surface area contributed by atoms with E-state index in [9.17, 15) is 9.59 Å². The molecule has 1 aromatic heterocycles. The molecule has 3 aromatic rings. The van der Waals surface area contributed by atoms with Crippen LogP contribution in [0.5, 0.6) is 0 Å². The second kappa shape index (κ2) is 11.8. The molecule has 0 spiro atoms. The third-order valence-corrected chi connectivity index (χ3v) is 7.68.